The minimum absolute atomic E-state index is 0.0337. The molecule has 2 aromatic carbocycles. The molecule has 1 aliphatic rings. The van der Waals surface area contributed by atoms with Crippen LogP contribution in [0.3, 0.4) is 0 Å². The number of methoxy groups -OCH3 is 1. The van der Waals surface area contributed by atoms with Crippen molar-refractivity contribution in [2.45, 2.75) is 25.1 Å². The van der Waals surface area contributed by atoms with Crippen LogP contribution in [0.2, 0.25) is 0 Å². The van der Waals surface area contributed by atoms with Crippen molar-refractivity contribution in [1.29, 1.82) is 0 Å². The molecule has 0 unspecified atom stereocenters. The van der Waals surface area contributed by atoms with Crippen molar-refractivity contribution in [3.05, 3.63) is 52.0 Å². The molecule has 1 atom stereocenters. The molecule has 0 saturated carbocycles. The SMILES string of the molecule is COc1cc(/C=N\NC(=O)C(=O)NC[C@H]2CCCO2)cc(Br)c1OCC(=O)Nc1cccc(C(F)(F)F)c1. The average molecular weight is 601 g/mol. The molecule has 0 bridgehead atoms. The zero-order chi connectivity index (χ0) is 27.7. The Labute approximate surface area is 224 Å². The largest absolute Gasteiger partial charge is 0.493 e. The van der Waals surface area contributed by atoms with E-state index in [2.05, 4.69) is 37.1 Å². The normalized spacial score (nSPS) is 15.2. The summed E-state index contributed by atoms with van der Waals surface area (Å²) in [6.45, 7) is 0.349. The van der Waals surface area contributed by atoms with Crippen LogP contribution in [0.1, 0.15) is 24.0 Å². The van der Waals surface area contributed by atoms with Gasteiger partial charge in [-0.2, -0.15) is 18.3 Å². The molecule has 1 fully saturated rings. The standard InChI is InChI=1S/C24H24BrF3N4O6/c1-36-19-9-14(11-30-32-23(35)22(34)29-12-17-6-3-7-37-17)8-18(25)21(19)38-13-20(33)31-16-5-2-4-15(10-16)24(26,27)28/h2,4-5,8-11,17H,3,6-7,12-13H2,1H3,(H,29,34)(H,31,33)(H,32,35)/b30-11-/t17-/m1/s1. The van der Waals surface area contributed by atoms with Gasteiger partial charge in [-0.15, -0.1) is 0 Å². The molecule has 10 nitrogen and oxygen atoms in total. The molecule has 1 saturated heterocycles. The highest BCUT2D eigenvalue weighted by Gasteiger charge is 2.30. The summed E-state index contributed by atoms with van der Waals surface area (Å²) in [4.78, 5) is 36.0. The first-order valence-corrected chi connectivity index (χ1v) is 12.1. The number of hydrogen-bond acceptors (Lipinski definition) is 7. The number of hydrogen-bond donors (Lipinski definition) is 3. The van der Waals surface area contributed by atoms with Gasteiger partial charge in [0.2, 0.25) is 0 Å². The summed E-state index contributed by atoms with van der Waals surface area (Å²) >= 11 is 3.30. The fourth-order valence-corrected chi connectivity index (χ4v) is 3.94. The smallest absolute Gasteiger partial charge is 0.416 e. The zero-order valence-electron chi connectivity index (χ0n) is 20.1. The first kappa shape index (κ1) is 28.9. The van der Waals surface area contributed by atoms with Crippen LogP contribution in [0.5, 0.6) is 11.5 Å². The highest BCUT2D eigenvalue weighted by Crippen LogP contribution is 2.36. The molecule has 0 aliphatic carbocycles. The summed E-state index contributed by atoms with van der Waals surface area (Å²) < 4.78 is 55.1. The molecule has 1 aliphatic heterocycles. The van der Waals surface area contributed by atoms with E-state index in [4.69, 9.17) is 14.2 Å². The van der Waals surface area contributed by atoms with Gasteiger partial charge in [0.05, 0.1) is 29.5 Å². The molecule has 204 valence electrons. The number of alkyl halides is 3. The van der Waals surface area contributed by atoms with Crippen molar-refractivity contribution in [2.75, 3.05) is 32.2 Å². The Morgan fingerprint density at radius 3 is 2.68 bits per heavy atom. The van der Waals surface area contributed by atoms with Crippen LogP contribution in [0.15, 0.2) is 46.0 Å². The van der Waals surface area contributed by atoms with Gasteiger partial charge < -0.3 is 24.8 Å². The Hall–Kier alpha value is -3.65. The third-order valence-corrected chi connectivity index (χ3v) is 5.76. The number of anilines is 1. The maximum absolute atomic E-state index is 12.9. The van der Waals surface area contributed by atoms with E-state index in [1.807, 2.05) is 0 Å². The number of rotatable bonds is 9. The molecule has 0 spiro atoms. The van der Waals surface area contributed by atoms with Crippen LogP contribution in [0, 0.1) is 0 Å². The van der Waals surface area contributed by atoms with E-state index in [0.29, 0.717) is 16.6 Å². The summed E-state index contributed by atoms with van der Waals surface area (Å²) in [5, 5.41) is 8.58. The van der Waals surface area contributed by atoms with Crippen molar-refractivity contribution in [3.63, 3.8) is 0 Å². The topological polar surface area (TPSA) is 127 Å². The van der Waals surface area contributed by atoms with E-state index in [-0.39, 0.29) is 29.8 Å². The molecule has 2 aromatic rings. The van der Waals surface area contributed by atoms with Crippen molar-refractivity contribution >= 4 is 45.6 Å². The Morgan fingerprint density at radius 1 is 1.21 bits per heavy atom. The van der Waals surface area contributed by atoms with Crippen LogP contribution in [0.4, 0.5) is 18.9 Å². The van der Waals surface area contributed by atoms with Gasteiger partial charge in [0.1, 0.15) is 0 Å². The van der Waals surface area contributed by atoms with E-state index >= 15 is 0 Å². The first-order chi connectivity index (χ1) is 18.1. The van der Waals surface area contributed by atoms with Crippen LogP contribution in [-0.2, 0) is 25.3 Å². The first-order valence-electron chi connectivity index (χ1n) is 11.3. The lowest BCUT2D eigenvalue weighted by Gasteiger charge is -2.14. The molecular weight excluding hydrogens is 577 g/mol. The number of halogens is 4. The van der Waals surface area contributed by atoms with Crippen molar-refractivity contribution < 1.29 is 41.8 Å². The molecular formula is C24H24BrF3N4O6. The lowest BCUT2D eigenvalue weighted by atomic mass is 10.2. The second kappa shape index (κ2) is 13.2. The highest BCUT2D eigenvalue weighted by atomic mass is 79.9. The molecule has 38 heavy (non-hydrogen) atoms. The lowest BCUT2D eigenvalue weighted by Crippen LogP contribution is -2.41. The van der Waals surface area contributed by atoms with Gasteiger partial charge in [-0.3, -0.25) is 14.4 Å². The molecule has 1 heterocycles. The third-order valence-electron chi connectivity index (χ3n) is 5.17. The number of ether oxygens (including phenoxy) is 3. The van der Waals surface area contributed by atoms with Crippen molar-refractivity contribution in [1.82, 2.24) is 10.7 Å². The number of carbonyl (C=O) groups is 3. The van der Waals surface area contributed by atoms with Gasteiger partial charge in [-0.05, 0) is 64.7 Å². The van der Waals surface area contributed by atoms with Gasteiger partial charge in [0.15, 0.2) is 18.1 Å². The second-order valence-corrected chi connectivity index (χ2v) is 8.85. The van der Waals surface area contributed by atoms with Crippen LogP contribution < -0.4 is 25.5 Å². The van der Waals surface area contributed by atoms with E-state index in [1.54, 1.807) is 6.07 Å². The van der Waals surface area contributed by atoms with Gasteiger partial charge in [-0.1, -0.05) is 6.07 Å². The van der Waals surface area contributed by atoms with E-state index in [0.717, 1.165) is 25.0 Å². The van der Waals surface area contributed by atoms with Crippen LogP contribution in [0.25, 0.3) is 0 Å². The number of hydrazone groups is 1. The quantitative estimate of drug-likeness (QED) is 0.230. The predicted octanol–water partition coefficient (Wildman–Crippen LogP) is 3.24. The Bertz CT molecular complexity index is 1200. The molecule has 14 heteroatoms. The Morgan fingerprint density at radius 2 is 2.00 bits per heavy atom. The van der Waals surface area contributed by atoms with Gasteiger partial charge >= 0.3 is 18.0 Å². The average Bonchev–Trinajstić information content (AvgIpc) is 3.39. The monoisotopic (exact) mass is 600 g/mol. The molecule has 0 aromatic heterocycles. The minimum atomic E-state index is -4.54. The number of nitrogens with zero attached hydrogens (tertiary/aromatic N) is 1. The molecule has 3 N–H and O–H groups in total. The van der Waals surface area contributed by atoms with E-state index < -0.39 is 36.1 Å². The number of benzene rings is 2. The summed E-state index contributed by atoms with van der Waals surface area (Å²) in [5.41, 5.74) is 1.65. The molecule has 0 radical (unpaired) electrons. The summed E-state index contributed by atoms with van der Waals surface area (Å²) in [7, 11) is 1.36. The Balaban J connectivity index is 1.54. The number of amides is 3. The molecule has 3 amide bonds. The lowest BCUT2D eigenvalue weighted by molar-refractivity contribution is -0.139. The minimum Gasteiger partial charge on any atom is -0.493 e. The molecule has 3 rings (SSSR count). The van der Waals surface area contributed by atoms with E-state index in [9.17, 15) is 27.6 Å². The van der Waals surface area contributed by atoms with Crippen LogP contribution in [-0.4, -0.2) is 56.9 Å². The highest BCUT2D eigenvalue weighted by molar-refractivity contribution is 9.10. The summed E-state index contributed by atoms with van der Waals surface area (Å²) in [6, 6.07) is 7.26. The van der Waals surface area contributed by atoms with Crippen LogP contribution >= 0.6 is 15.9 Å². The third kappa shape index (κ3) is 8.45. The number of carbonyl (C=O) groups excluding carboxylic acids is 3. The maximum Gasteiger partial charge on any atom is 0.416 e. The summed E-state index contributed by atoms with van der Waals surface area (Å²) in [5.74, 6) is -2.13. The van der Waals surface area contributed by atoms with Gasteiger partial charge in [0, 0.05) is 18.8 Å². The van der Waals surface area contributed by atoms with Crippen molar-refractivity contribution in [2.24, 2.45) is 5.10 Å². The Kier molecular flexibility index (Phi) is 10.1. The summed E-state index contributed by atoms with van der Waals surface area (Å²) in [6.07, 6.45) is -1.65. The second-order valence-electron chi connectivity index (χ2n) is 7.99. The number of nitrogens with one attached hydrogen (secondary N) is 3. The fourth-order valence-electron chi connectivity index (χ4n) is 3.37. The van der Waals surface area contributed by atoms with Gasteiger partial charge in [-0.25, -0.2) is 5.43 Å². The van der Waals surface area contributed by atoms with E-state index in [1.165, 1.54) is 31.5 Å². The predicted molar refractivity (Wildman–Crippen MR) is 134 cm³/mol. The fraction of sp³-hybridized carbons (Fsp3) is 0.333. The van der Waals surface area contributed by atoms with Crippen molar-refractivity contribution in [3.8, 4) is 11.5 Å². The zero-order valence-corrected chi connectivity index (χ0v) is 21.6. The maximum atomic E-state index is 12.9. The van der Waals surface area contributed by atoms with Gasteiger partial charge in [0.25, 0.3) is 5.91 Å².